The minimum atomic E-state index is -0.0308. The molecule has 3 rings (SSSR count). The maximum Gasteiger partial charge on any atom is 0.257 e. The Morgan fingerprint density at radius 2 is 2.04 bits per heavy atom. The Balaban J connectivity index is 0.00000182. The van der Waals surface area contributed by atoms with E-state index in [0.29, 0.717) is 24.5 Å². The first-order valence-corrected chi connectivity index (χ1v) is 8.67. The summed E-state index contributed by atoms with van der Waals surface area (Å²) in [5.41, 5.74) is 7.42. The average molecular weight is 413 g/mol. The van der Waals surface area contributed by atoms with Crippen LogP contribution in [0.4, 0.5) is 11.5 Å². The van der Waals surface area contributed by atoms with E-state index >= 15 is 0 Å². The molecule has 2 heterocycles. The molecule has 1 aromatic heterocycles. The van der Waals surface area contributed by atoms with E-state index in [1.807, 2.05) is 36.1 Å². The Morgan fingerprint density at radius 1 is 1.30 bits per heavy atom. The fourth-order valence-corrected chi connectivity index (χ4v) is 2.98. The summed E-state index contributed by atoms with van der Waals surface area (Å²) >= 11 is 0. The van der Waals surface area contributed by atoms with Crippen molar-refractivity contribution >= 4 is 42.2 Å². The van der Waals surface area contributed by atoms with Gasteiger partial charge in [0.2, 0.25) is 0 Å². The van der Waals surface area contributed by atoms with Crippen LogP contribution < -0.4 is 15.8 Å². The Bertz CT molecular complexity index is 728. The normalized spacial score (nSPS) is 15.9. The maximum atomic E-state index is 12.9. The number of hydrogen-bond donors (Lipinski definition) is 2. The number of rotatable bonds is 5. The number of anilines is 2. The lowest BCUT2D eigenvalue weighted by atomic mass is 10.1. The predicted molar refractivity (Wildman–Crippen MR) is 113 cm³/mol. The second-order valence-electron chi connectivity index (χ2n) is 6.14. The largest absolute Gasteiger partial charge is 0.494 e. The molecule has 1 fully saturated rings. The summed E-state index contributed by atoms with van der Waals surface area (Å²) in [6.45, 7) is 3.91. The summed E-state index contributed by atoms with van der Waals surface area (Å²) in [5, 5.41) is 3.23. The van der Waals surface area contributed by atoms with Crippen molar-refractivity contribution in [3.8, 4) is 5.75 Å². The first kappa shape index (κ1) is 23.0. The third-order valence-electron chi connectivity index (χ3n) is 4.21. The average Bonchev–Trinajstić information content (AvgIpc) is 2.63. The SMILES string of the molecule is CCOc1ccc(Nc2ncccc2C(=O)N2CCCC(N)C2)cc1.Cl.Cl. The van der Waals surface area contributed by atoms with Crippen LogP contribution in [0, 0.1) is 0 Å². The third-order valence-corrected chi connectivity index (χ3v) is 4.21. The number of ether oxygens (including phenoxy) is 1. The summed E-state index contributed by atoms with van der Waals surface area (Å²) in [6, 6.07) is 11.2. The molecule has 0 radical (unpaired) electrons. The van der Waals surface area contributed by atoms with E-state index < -0.39 is 0 Å². The van der Waals surface area contributed by atoms with Crippen molar-refractivity contribution in [3.05, 3.63) is 48.2 Å². The van der Waals surface area contributed by atoms with E-state index in [1.54, 1.807) is 18.3 Å². The number of nitrogens with one attached hydrogen (secondary N) is 1. The second-order valence-corrected chi connectivity index (χ2v) is 6.14. The highest BCUT2D eigenvalue weighted by Gasteiger charge is 2.24. The van der Waals surface area contributed by atoms with Crippen LogP contribution in [-0.4, -0.2) is 41.5 Å². The summed E-state index contributed by atoms with van der Waals surface area (Å²) in [4.78, 5) is 19.0. The fourth-order valence-electron chi connectivity index (χ4n) is 2.98. The molecule has 1 unspecified atom stereocenters. The van der Waals surface area contributed by atoms with Gasteiger partial charge >= 0.3 is 0 Å². The molecule has 8 heteroatoms. The van der Waals surface area contributed by atoms with Crippen molar-refractivity contribution in [2.45, 2.75) is 25.8 Å². The minimum absolute atomic E-state index is 0. The summed E-state index contributed by atoms with van der Waals surface area (Å²) in [6.07, 6.45) is 3.58. The molecule has 1 atom stereocenters. The quantitative estimate of drug-likeness (QED) is 0.783. The van der Waals surface area contributed by atoms with Crippen LogP contribution >= 0.6 is 24.8 Å². The van der Waals surface area contributed by atoms with Crippen LogP contribution in [0.25, 0.3) is 0 Å². The van der Waals surface area contributed by atoms with E-state index in [0.717, 1.165) is 30.8 Å². The molecule has 1 aliphatic rings. The zero-order chi connectivity index (χ0) is 17.6. The Labute approximate surface area is 172 Å². The van der Waals surface area contributed by atoms with Gasteiger partial charge in [0.05, 0.1) is 12.2 Å². The van der Waals surface area contributed by atoms with Gasteiger partial charge in [0.1, 0.15) is 11.6 Å². The van der Waals surface area contributed by atoms with Gasteiger partial charge in [0.25, 0.3) is 5.91 Å². The van der Waals surface area contributed by atoms with Crippen LogP contribution in [0.2, 0.25) is 0 Å². The van der Waals surface area contributed by atoms with Gasteiger partial charge in [-0.05, 0) is 56.2 Å². The molecule has 0 saturated carbocycles. The molecule has 148 valence electrons. The number of nitrogens with two attached hydrogens (primary N) is 1. The van der Waals surface area contributed by atoms with Crippen LogP contribution in [0.1, 0.15) is 30.1 Å². The second kappa shape index (κ2) is 11.0. The molecule has 6 nitrogen and oxygen atoms in total. The molecule has 3 N–H and O–H groups in total. The molecule has 0 aliphatic carbocycles. The van der Waals surface area contributed by atoms with E-state index in [-0.39, 0.29) is 36.8 Å². The van der Waals surface area contributed by atoms with Crippen molar-refractivity contribution in [1.29, 1.82) is 0 Å². The molecule has 0 spiro atoms. The van der Waals surface area contributed by atoms with Gasteiger partial charge in [-0.3, -0.25) is 4.79 Å². The van der Waals surface area contributed by atoms with Gasteiger partial charge in [0, 0.05) is 31.0 Å². The van der Waals surface area contributed by atoms with Gasteiger partial charge in [-0.1, -0.05) is 0 Å². The van der Waals surface area contributed by atoms with Gasteiger partial charge in [0.15, 0.2) is 0 Å². The monoisotopic (exact) mass is 412 g/mol. The predicted octanol–water partition coefficient (Wildman–Crippen LogP) is 3.63. The minimum Gasteiger partial charge on any atom is -0.494 e. The van der Waals surface area contributed by atoms with Crippen LogP contribution in [0.3, 0.4) is 0 Å². The highest BCUT2D eigenvalue weighted by molar-refractivity contribution is 5.99. The number of carbonyl (C=O) groups is 1. The first-order chi connectivity index (χ1) is 12.2. The van der Waals surface area contributed by atoms with Crippen LogP contribution in [0.15, 0.2) is 42.6 Å². The van der Waals surface area contributed by atoms with Crippen molar-refractivity contribution in [3.63, 3.8) is 0 Å². The number of amides is 1. The number of likely N-dealkylation sites (tertiary alicyclic amines) is 1. The number of nitrogens with zero attached hydrogens (tertiary/aromatic N) is 2. The van der Waals surface area contributed by atoms with E-state index in [4.69, 9.17) is 10.5 Å². The zero-order valence-electron chi connectivity index (χ0n) is 15.3. The van der Waals surface area contributed by atoms with Gasteiger partial charge in [-0.2, -0.15) is 0 Å². The number of hydrogen-bond acceptors (Lipinski definition) is 5. The number of benzene rings is 1. The Kier molecular flexibility index (Phi) is 9.35. The number of carbonyl (C=O) groups excluding carboxylic acids is 1. The Hall–Kier alpha value is -2.02. The first-order valence-electron chi connectivity index (χ1n) is 8.67. The van der Waals surface area contributed by atoms with Crippen molar-refractivity contribution < 1.29 is 9.53 Å². The molecule has 1 saturated heterocycles. The number of aromatic nitrogens is 1. The fraction of sp³-hybridized carbons (Fsp3) is 0.368. The lowest BCUT2D eigenvalue weighted by Gasteiger charge is -2.31. The zero-order valence-corrected chi connectivity index (χ0v) is 16.9. The van der Waals surface area contributed by atoms with Crippen molar-refractivity contribution in [2.24, 2.45) is 5.73 Å². The van der Waals surface area contributed by atoms with E-state index in [9.17, 15) is 4.79 Å². The molecule has 2 aromatic rings. The molecular weight excluding hydrogens is 387 g/mol. The van der Waals surface area contributed by atoms with E-state index in [1.165, 1.54) is 0 Å². The number of halogens is 2. The highest BCUT2D eigenvalue weighted by atomic mass is 35.5. The molecule has 1 aromatic carbocycles. The number of pyridine rings is 1. The van der Waals surface area contributed by atoms with E-state index in [2.05, 4.69) is 10.3 Å². The molecule has 1 amide bonds. The maximum absolute atomic E-state index is 12.9. The number of piperidine rings is 1. The molecule has 1 aliphatic heterocycles. The van der Waals surface area contributed by atoms with Gasteiger partial charge in [-0.25, -0.2) is 4.98 Å². The highest BCUT2D eigenvalue weighted by Crippen LogP contribution is 2.23. The van der Waals surface area contributed by atoms with Crippen LogP contribution in [0.5, 0.6) is 5.75 Å². The lowest BCUT2D eigenvalue weighted by Crippen LogP contribution is -2.45. The molecule has 0 bridgehead atoms. The summed E-state index contributed by atoms with van der Waals surface area (Å²) in [5.74, 6) is 1.33. The Morgan fingerprint density at radius 3 is 2.70 bits per heavy atom. The third kappa shape index (κ3) is 5.99. The summed E-state index contributed by atoms with van der Waals surface area (Å²) in [7, 11) is 0. The topological polar surface area (TPSA) is 80.5 Å². The summed E-state index contributed by atoms with van der Waals surface area (Å²) < 4.78 is 5.45. The van der Waals surface area contributed by atoms with Gasteiger partial charge in [-0.15, -0.1) is 24.8 Å². The standard InChI is InChI=1S/C19H24N4O2.2ClH/c1-2-25-16-9-7-15(8-10-16)22-18-17(6-3-11-21-18)19(24)23-12-4-5-14(20)13-23;;/h3,6-11,14H,2,4-5,12-13,20H2,1H3,(H,21,22);2*1H. The molecule has 27 heavy (non-hydrogen) atoms. The van der Waals surface area contributed by atoms with Crippen molar-refractivity contribution in [2.75, 3.05) is 25.0 Å². The van der Waals surface area contributed by atoms with Gasteiger partial charge < -0.3 is 20.7 Å². The van der Waals surface area contributed by atoms with Crippen molar-refractivity contribution in [1.82, 2.24) is 9.88 Å². The smallest absolute Gasteiger partial charge is 0.257 e. The molecular formula is C19H26Cl2N4O2. The van der Waals surface area contributed by atoms with Crippen LogP contribution in [-0.2, 0) is 0 Å². The lowest BCUT2D eigenvalue weighted by molar-refractivity contribution is 0.0709.